The Bertz CT molecular complexity index is 395. The minimum absolute atomic E-state index is 0.120. The Balaban J connectivity index is 2.46. The van der Waals surface area contributed by atoms with Crippen LogP contribution in [0.5, 0.6) is 5.75 Å². The van der Waals surface area contributed by atoms with Gasteiger partial charge < -0.3 is 9.84 Å². The first kappa shape index (κ1) is 12.0. The molecule has 0 bridgehead atoms. The fraction of sp³-hybridized carbons (Fsp3) is 0.500. The molecule has 0 atom stereocenters. The topological polar surface area (TPSA) is 29.5 Å². The molecule has 0 amide bonds. The summed E-state index contributed by atoms with van der Waals surface area (Å²) in [5, 5.41) is 10.4. The third-order valence-corrected chi connectivity index (χ3v) is 4.32. The summed E-state index contributed by atoms with van der Waals surface area (Å²) in [7, 11) is 1.56. The molecule has 1 aromatic carbocycles. The van der Waals surface area contributed by atoms with E-state index in [9.17, 15) is 5.11 Å². The Labute approximate surface area is 105 Å². The number of methoxy groups -OCH3 is 1. The monoisotopic (exact) mass is 260 g/mol. The van der Waals surface area contributed by atoms with Crippen LogP contribution in [0.25, 0.3) is 0 Å². The van der Waals surface area contributed by atoms with Gasteiger partial charge in [-0.25, -0.2) is 0 Å². The maximum atomic E-state index is 9.50. The van der Waals surface area contributed by atoms with Crippen LogP contribution in [0.15, 0.2) is 12.1 Å². The van der Waals surface area contributed by atoms with Crippen molar-refractivity contribution in [1.82, 2.24) is 0 Å². The van der Waals surface area contributed by atoms with Crippen LogP contribution in [0.4, 0.5) is 0 Å². The Morgan fingerprint density at radius 2 is 2.00 bits per heavy atom. The van der Waals surface area contributed by atoms with E-state index in [0.29, 0.717) is 15.8 Å². The zero-order valence-corrected chi connectivity index (χ0v) is 10.6. The van der Waals surface area contributed by atoms with Crippen molar-refractivity contribution in [3.05, 3.63) is 27.7 Å². The summed E-state index contributed by atoms with van der Waals surface area (Å²) in [4.78, 5) is 0. The number of hydrogen-bond acceptors (Lipinski definition) is 2. The predicted octanol–water partition coefficient (Wildman–Crippen LogP) is 3.42. The molecule has 4 heteroatoms. The van der Waals surface area contributed by atoms with Gasteiger partial charge in [0, 0.05) is 5.41 Å². The highest BCUT2D eigenvalue weighted by molar-refractivity contribution is 6.43. The molecule has 88 valence electrons. The van der Waals surface area contributed by atoms with Gasteiger partial charge in [0.1, 0.15) is 10.8 Å². The molecule has 0 aromatic heterocycles. The first-order valence-electron chi connectivity index (χ1n) is 5.28. The van der Waals surface area contributed by atoms with E-state index in [2.05, 4.69) is 0 Å². The summed E-state index contributed by atoms with van der Waals surface area (Å²) in [6.45, 7) is 0.120. The van der Waals surface area contributed by atoms with Crippen LogP contribution in [0.3, 0.4) is 0 Å². The molecule has 0 saturated heterocycles. The third kappa shape index (κ3) is 1.69. The summed E-state index contributed by atoms with van der Waals surface area (Å²) < 4.78 is 5.10. The van der Waals surface area contributed by atoms with Crippen LogP contribution in [0.2, 0.25) is 10.0 Å². The van der Waals surface area contributed by atoms with Crippen molar-refractivity contribution in [1.29, 1.82) is 0 Å². The molecule has 1 saturated carbocycles. The fourth-order valence-electron chi connectivity index (χ4n) is 2.22. The molecule has 0 spiro atoms. The van der Waals surface area contributed by atoms with Crippen molar-refractivity contribution in [2.45, 2.75) is 24.7 Å². The van der Waals surface area contributed by atoms with Gasteiger partial charge >= 0.3 is 0 Å². The standard InChI is InChI=1S/C12H14Cl2O2/c1-16-9-4-3-8(10(13)11(9)14)12(7-15)5-2-6-12/h3-4,15H,2,5-7H2,1H3. The Hall–Kier alpha value is -0.440. The van der Waals surface area contributed by atoms with E-state index in [1.807, 2.05) is 6.07 Å². The number of benzene rings is 1. The zero-order chi connectivity index (χ0) is 11.8. The second kappa shape index (κ2) is 4.44. The smallest absolute Gasteiger partial charge is 0.138 e. The molecular weight excluding hydrogens is 247 g/mol. The van der Waals surface area contributed by atoms with Gasteiger partial charge in [0.15, 0.2) is 0 Å². The van der Waals surface area contributed by atoms with E-state index in [-0.39, 0.29) is 12.0 Å². The van der Waals surface area contributed by atoms with Crippen molar-refractivity contribution in [2.24, 2.45) is 0 Å². The minimum Gasteiger partial charge on any atom is -0.495 e. The van der Waals surface area contributed by atoms with E-state index < -0.39 is 0 Å². The summed E-state index contributed by atoms with van der Waals surface area (Å²) >= 11 is 12.3. The van der Waals surface area contributed by atoms with E-state index in [1.54, 1.807) is 13.2 Å². The summed E-state index contributed by atoms with van der Waals surface area (Å²) in [6.07, 6.45) is 3.05. The number of hydrogen-bond donors (Lipinski definition) is 1. The lowest BCUT2D eigenvalue weighted by Crippen LogP contribution is -2.38. The van der Waals surface area contributed by atoms with E-state index >= 15 is 0 Å². The second-order valence-corrected chi connectivity index (χ2v) is 4.99. The molecule has 0 radical (unpaired) electrons. The average molecular weight is 261 g/mol. The van der Waals surface area contributed by atoms with E-state index in [4.69, 9.17) is 27.9 Å². The SMILES string of the molecule is COc1ccc(C2(CO)CCC2)c(Cl)c1Cl. The molecule has 1 aliphatic carbocycles. The summed E-state index contributed by atoms with van der Waals surface area (Å²) in [5.74, 6) is 0.572. The highest BCUT2D eigenvalue weighted by atomic mass is 35.5. The fourth-order valence-corrected chi connectivity index (χ4v) is 2.81. The number of aliphatic hydroxyl groups is 1. The number of halogens is 2. The number of ether oxygens (including phenoxy) is 1. The minimum atomic E-state index is -0.188. The average Bonchev–Trinajstić information content (AvgIpc) is 2.23. The van der Waals surface area contributed by atoms with Gasteiger partial charge in [-0.2, -0.15) is 0 Å². The van der Waals surface area contributed by atoms with Crippen molar-refractivity contribution in [3.8, 4) is 5.75 Å². The van der Waals surface area contributed by atoms with Crippen LogP contribution in [-0.4, -0.2) is 18.8 Å². The van der Waals surface area contributed by atoms with Crippen molar-refractivity contribution in [3.63, 3.8) is 0 Å². The van der Waals surface area contributed by atoms with Crippen LogP contribution >= 0.6 is 23.2 Å². The van der Waals surface area contributed by atoms with Gasteiger partial charge in [0.2, 0.25) is 0 Å². The largest absolute Gasteiger partial charge is 0.495 e. The quantitative estimate of drug-likeness (QED) is 0.903. The maximum absolute atomic E-state index is 9.50. The highest BCUT2D eigenvalue weighted by Crippen LogP contribution is 2.48. The van der Waals surface area contributed by atoms with Crippen molar-refractivity contribution in [2.75, 3.05) is 13.7 Å². The van der Waals surface area contributed by atoms with Crippen LogP contribution in [0.1, 0.15) is 24.8 Å². The van der Waals surface area contributed by atoms with Crippen molar-refractivity contribution < 1.29 is 9.84 Å². The summed E-state index contributed by atoms with van der Waals surface area (Å²) in [5.41, 5.74) is 0.751. The van der Waals surface area contributed by atoms with E-state index in [1.165, 1.54) is 0 Å². The Morgan fingerprint density at radius 3 is 2.44 bits per heavy atom. The Morgan fingerprint density at radius 1 is 1.31 bits per heavy atom. The molecule has 0 aliphatic heterocycles. The molecule has 0 heterocycles. The van der Waals surface area contributed by atoms with Crippen molar-refractivity contribution >= 4 is 23.2 Å². The van der Waals surface area contributed by atoms with Gasteiger partial charge in [-0.1, -0.05) is 35.7 Å². The number of aliphatic hydroxyl groups excluding tert-OH is 1. The van der Waals surface area contributed by atoms with Gasteiger partial charge in [-0.3, -0.25) is 0 Å². The van der Waals surface area contributed by atoms with Gasteiger partial charge in [-0.05, 0) is 24.5 Å². The normalized spacial score (nSPS) is 18.0. The molecule has 1 aromatic rings. The molecular formula is C12H14Cl2O2. The molecule has 1 N–H and O–H groups in total. The van der Waals surface area contributed by atoms with Crippen LogP contribution < -0.4 is 4.74 Å². The maximum Gasteiger partial charge on any atom is 0.138 e. The van der Waals surface area contributed by atoms with Gasteiger partial charge in [0.25, 0.3) is 0 Å². The Kier molecular flexibility index (Phi) is 3.34. The first-order chi connectivity index (χ1) is 7.64. The predicted molar refractivity (Wildman–Crippen MR) is 65.6 cm³/mol. The molecule has 2 nitrogen and oxygen atoms in total. The number of rotatable bonds is 3. The second-order valence-electron chi connectivity index (χ2n) is 4.24. The van der Waals surface area contributed by atoms with Crippen LogP contribution in [-0.2, 0) is 5.41 Å². The molecule has 16 heavy (non-hydrogen) atoms. The zero-order valence-electron chi connectivity index (χ0n) is 9.09. The van der Waals surface area contributed by atoms with Gasteiger partial charge in [0.05, 0.1) is 18.7 Å². The lowest BCUT2D eigenvalue weighted by Gasteiger charge is -2.41. The third-order valence-electron chi connectivity index (χ3n) is 3.45. The molecule has 2 rings (SSSR count). The lowest BCUT2D eigenvalue weighted by molar-refractivity contribution is 0.120. The molecule has 1 aliphatic rings. The first-order valence-corrected chi connectivity index (χ1v) is 6.03. The van der Waals surface area contributed by atoms with Crippen LogP contribution in [0, 0.1) is 0 Å². The van der Waals surface area contributed by atoms with E-state index in [0.717, 1.165) is 24.8 Å². The summed E-state index contributed by atoms with van der Waals surface area (Å²) in [6, 6.07) is 3.71. The van der Waals surface area contributed by atoms with Gasteiger partial charge in [-0.15, -0.1) is 0 Å². The molecule has 0 unspecified atom stereocenters. The highest BCUT2D eigenvalue weighted by Gasteiger charge is 2.40. The molecule has 1 fully saturated rings. The lowest BCUT2D eigenvalue weighted by atomic mass is 9.65.